The fourth-order valence-electron chi connectivity index (χ4n) is 1.25. The van der Waals surface area contributed by atoms with E-state index in [1.165, 1.54) is 11.5 Å². The molecule has 0 aliphatic heterocycles. The summed E-state index contributed by atoms with van der Waals surface area (Å²) in [6, 6.07) is 6.10. The zero-order chi connectivity index (χ0) is 10.7. The van der Waals surface area contributed by atoms with Gasteiger partial charge >= 0.3 is 0 Å². The smallest absolute Gasteiger partial charge is 0.123 e. The normalized spacial score (nSPS) is 11.1. The number of benzene rings is 1. The van der Waals surface area contributed by atoms with Crippen molar-refractivity contribution >= 4 is 15.9 Å². The van der Waals surface area contributed by atoms with Crippen LogP contribution in [0.15, 0.2) is 22.7 Å². The lowest BCUT2D eigenvalue weighted by atomic mass is 10.0. The fraction of sp³-hybridized carbons (Fsp3) is 0.417. The monoisotopic (exact) mass is 255 g/mol. The van der Waals surface area contributed by atoms with E-state index in [1.54, 1.807) is 0 Å². The van der Waals surface area contributed by atoms with Crippen LogP contribution in [-0.2, 0) is 0 Å². The van der Waals surface area contributed by atoms with Crippen LogP contribution in [0.1, 0.15) is 33.3 Å². The SMILES string of the molecule is C[C](C)c1cc(Br)ccc1OC(C)C. The highest BCUT2D eigenvalue weighted by atomic mass is 79.9. The van der Waals surface area contributed by atoms with Crippen LogP contribution in [0.2, 0.25) is 0 Å². The van der Waals surface area contributed by atoms with Crippen molar-refractivity contribution in [2.24, 2.45) is 0 Å². The molecule has 0 spiro atoms. The van der Waals surface area contributed by atoms with Crippen molar-refractivity contribution in [3.05, 3.63) is 34.2 Å². The van der Waals surface area contributed by atoms with Crippen LogP contribution in [0, 0.1) is 5.92 Å². The highest BCUT2D eigenvalue weighted by Gasteiger charge is 2.09. The van der Waals surface area contributed by atoms with Gasteiger partial charge in [-0.3, -0.25) is 0 Å². The predicted octanol–water partition coefficient (Wildman–Crippen LogP) is 4.20. The molecule has 14 heavy (non-hydrogen) atoms. The molecule has 1 aromatic rings. The summed E-state index contributed by atoms with van der Waals surface area (Å²) in [5, 5.41) is 0. The summed E-state index contributed by atoms with van der Waals surface area (Å²) in [6.07, 6.45) is 0.217. The van der Waals surface area contributed by atoms with E-state index in [4.69, 9.17) is 4.74 Å². The first-order valence-corrected chi connectivity index (χ1v) is 5.56. The Labute approximate surface area is 94.6 Å². The molecule has 0 aliphatic carbocycles. The second-order valence-electron chi connectivity index (χ2n) is 3.81. The van der Waals surface area contributed by atoms with Crippen molar-refractivity contribution in [3.63, 3.8) is 0 Å². The first kappa shape index (κ1) is 11.6. The molecule has 0 fully saturated rings. The molecule has 0 saturated carbocycles. The third-order valence-electron chi connectivity index (χ3n) is 1.84. The number of hydrogen-bond donors (Lipinski definition) is 0. The molecule has 1 nitrogen and oxygen atoms in total. The molecule has 2 heteroatoms. The van der Waals surface area contributed by atoms with Gasteiger partial charge in [-0.2, -0.15) is 0 Å². The molecule has 0 heterocycles. The lowest BCUT2D eigenvalue weighted by Crippen LogP contribution is -2.08. The van der Waals surface area contributed by atoms with Crippen LogP contribution in [0.3, 0.4) is 0 Å². The average Bonchev–Trinajstić information content (AvgIpc) is 2.07. The van der Waals surface area contributed by atoms with Gasteiger partial charge in [-0.05, 0) is 32.0 Å². The Balaban J connectivity index is 3.02. The Hall–Kier alpha value is -0.500. The minimum Gasteiger partial charge on any atom is -0.491 e. The van der Waals surface area contributed by atoms with Crippen LogP contribution >= 0.6 is 15.9 Å². The largest absolute Gasteiger partial charge is 0.491 e. The molecule has 0 aromatic heterocycles. The summed E-state index contributed by atoms with van der Waals surface area (Å²) < 4.78 is 6.81. The minimum absolute atomic E-state index is 0.217. The number of rotatable bonds is 3. The third-order valence-corrected chi connectivity index (χ3v) is 2.34. The molecular weight excluding hydrogens is 240 g/mol. The number of hydrogen-bond acceptors (Lipinski definition) is 1. The van der Waals surface area contributed by atoms with Crippen LogP contribution in [0.25, 0.3) is 0 Å². The third kappa shape index (κ3) is 3.02. The Morgan fingerprint density at radius 1 is 1.29 bits per heavy atom. The molecular formula is C12H16BrO. The molecule has 1 radical (unpaired) electrons. The van der Waals surface area contributed by atoms with Gasteiger partial charge in [0.2, 0.25) is 0 Å². The highest BCUT2D eigenvalue weighted by molar-refractivity contribution is 9.10. The van der Waals surface area contributed by atoms with Crippen LogP contribution in [-0.4, -0.2) is 6.10 Å². The van der Waals surface area contributed by atoms with Crippen LogP contribution in [0.4, 0.5) is 0 Å². The van der Waals surface area contributed by atoms with Crippen molar-refractivity contribution in [2.75, 3.05) is 0 Å². The average molecular weight is 256 g/mol. The zero-order valence-electron chi connectivity index (χ0n) is 9.10. The van der Waals surface area contributed by atoms with E-state index in [0.29, 0.717) is 0 Å². The Morgan fingerprint density at radius 3 is 2.43 bits per heavy atom. The maximum absolute atomic E-state index is 5.72. The summed E-state index contributed by atoms with van der Waals surface area (Å²) >= 11 is 3.46. The van der Waals surface area contributed by atoms with Crippen molar-refractivity contribution in [2.45, 2.75) is 33.8 Å². The molecule has 1 rings (SSSR count). The molecule has 0 bridgehead atoms. The summed E-state index contributed by atoms with van der Waals surface area (Å²) in [7, 11) is 0. The maximum atomic E-state index is 5.72. The van der Waals surface area contributed by atoms with Gasteiger partial charge in [0, 0.05) is 16.0 Å². The molecule has 77 valence electrons. The lowest BCUT2D eigenvalue weighted by Gasteiger charge is -2.16. The molecule has 0 atom stereocenters. The minimum atomic E-state index is 0.217. The topological polar surface area (TPSA) is 9.23 Å². The van der Waals surface area contributed by atoms with E-state index in [0.717, 1.165) is 10.2 Å². The molecule has 0 aliphatic rings. The second kappa shape index (κ2) is 4.83. The van der Waals surface area contributed by atoms with Gasteiger partial charge in [0.25, 0.3) is 0 Å². The predicted molar refractivity (Wildman–Crippen MR) is 63.6 cm³/mol. The van der Waals surface area contributed by atoms with Gasteiger partial charge in [0.1, 0.15) is 5.75 Å². The van der Waals surface area contributed by atoms with E-state index >= 15 is 0 Å². The van der Waals surface area contributed by atoms with E-state index < -0.39 is 0 Å². The van der Waals surface area contributed by atoms with E-state index in [-0.39, 0.29) is 6.10 Å². The van der Waals surface area contributed by atoms with E-state index in [9.17, 15) is 0 Å². The summed E-state index contributed by atoms with van der Waals surface area (Å²) in [5.41, 5.74) is 1.17. The van der Waals surface area contributed by atoms with Crippen LogP contribution < -0.4 is 4.74 Å². The van der Waals surface area contributed by atoms with Gasteiger partial charge in [0.05, 0.1) is 6.10 Å². The molecule has 0 unspecified atom stereocenters. The van der Waals surface area contributed by atoms with Gasteiger partial charge in [0.15, 0.2) is 0 Å². The molecule has 0 saturated heterocycles. The summed E-state index contributed by atoms with van der Waals surface area (Å²) in [4.78, 5) is 0. The van der Waals surface area contributed by atoms with Crippen LogP contribution in [0.5, 0.6) is 5.75 Å². The Morgan fingerprint density at radius 2 is 1.93 bits per heavy atom. The standard InChI is InChI=1S/C12H16BrO/c1-8(2)11-7-10(13)5-6-12(11)14-9(3)4/h5-7,9H,1-4H3. The first-order chi connectivity index (χ1) is 6.50. The summed E-state index contributed by atoms with van der Waals surface area (Å²) in [6.45, 7) is 8.26. The van der Waals surface area contributed by atoms with Gasteiger partial charge < -0.3 is 4.74 Å². The number of ether oxygens (including phenoxy) is 1. The molecule has 0 amide bonds. The van der Waals surface area contributed by atoms with Crippen molar-refractivity contribution in [1.29, 1.82) is 0 Å². The Kier molecular flexibility index (Phi) is 3.99. The quantitative estimate of drug-likeness (QED) is 0.787. The van der Waals surface area contributed by atoms with Crippen molar-refractivity contribution < 1.29 is 4.74 Å². The molecule has 0 N–H and O–H groups in total. The van der Waals surface area contributed by atoms with Gasteiger partial charge in [-0.25, -0.2) is 0 Å². The fourth-order valence-corrected chi connectivity index (χ4v) is 1.61. The van der Waals surface area contributed by atoms with Crippen molar-refractivity contribution in [1.82, 2.24) is 0 Å². The number of halogens is 1. The summed E-state index contributed by atoms with van der Waals surface area (Å²) in [5.74, 6) is 2.23. The second-order valence-corrected chi connectivity index (χ2v) is 4.72. The zero-order valence-corrected chi connectivity index (χ0v) is 10.7. The van der Waals surface area contributed by atoms with Gasteiger partial charge in [-0.15, -0.1) is 0 Å². The van der Waals surface area contributed by atoms with E-state index in [2.05, 4.69) is 35.8 Å². The molecule has 1 aromatic carbocycles. The lowest BCUT2D eigenvalue weighted by molar-refractivity contribution is 0.240. The Bertz CT molecular complexity index is 305. The first-order valence-electron chi connectivity index (χ1n) is 4.77. The van der Waals surface area contributed by atoms with E-state index in [1.807, 2.05) is 26.0 Å². The maximum Gasteiger partial charge on any atom is 0.123 e. The van der Waals surface area contributed by atoms with Crippen molar-refractivity contribution in [3.8, 4) is 5.75 Å². The van der Waals surface area contributed by atoms with Gasteiger partial charge in [-0.1, -0.05) is 29.8 Å². The highest BCUT2D eigenvalue weighted by Crippen LogP contribution is 2.29.